The van der Waals surface area contributed by atoms with Gasteiger partial charge >= 0.3 is 0 Å². The molecule has 0 aromatic carbocycles. The Labute approximate surface area is 61.6 Å². The second-order valence-electron chi connectivity index (χ2n) is 1.60. The third kappa shape index (κ3) is 1.41. The molecule has 0 aliphatic heterocycles. The number of carbonyl (C=O) groups excluding carboxylic acids is 1. The summed E-state index contributed by atoms with van der Waals surface area (Å²) in [5, 5.41) is 10.9. The lowest BCUT2D eigenvalue weighted by atomic mass is 10.4. The molecule has 10 heavy (non-hydrogen) atoms. The van der Waals surface area contributed by atoms with Crippen LogP contribution < -0.4 is 0 Å². The van der Waals surface area contributed by atoms with Crippen molar-refractivity contribution in [3.63, 3.8) is 0 Å². The first kappa shape index (κ1) is 6.95. The highest BCUT2D eigenvalue weighted by Crippen LogP contribution is 2.11. The zero-order valence-corrected chi connectivity index (χ0v) is 5.84. The molecular formula is C6H5NO2S. The number of carbonyl (C=O) groups is 1. The number of rotatable bonds is 2. The predicted molar refractivity (Wildman–Crippen MR) is 39.1 cm³/mol. The van der Waals surface area contributed by atoms with Crippen LogP contribution >= 0.6 is 11.3 Å². The summed E-state index contributed by atoms with van der Waals surface area (Å²) in [6.07, 6.45) is 2.05. The van der Waals surface area contributed by atoms with Gasteiger partial charge in [-0.3, -0.25) is 4.79 Å². The Morgan fingerprint density at radius 3 is 2.70 bits per heavy atom. The molecule has 52 valence electrons. The molecule has 1 aromatic heterocycles. The molecule has 0 saturated carbocycles. The molecule has 1 heterocycles. The van der Waals surface area contributed by atoms with Crippen molar-refractivity contribution >= 4 is 23.8 Å². The molecule has 0 aliphatic rings. The summed E-state index contributed by atoms with van der Waals surface area (Å²) in [4.78, 5) is 11.5. The minimum Gasteiger partial charge on any atom is -0.411 e. The van der Waals surface area contributed by atoms with Gasteiger partial charge in [-0.15, -0.1) is 11.3 Å². The van der Waals surface area contributed by atoms with Crippen molar-refractivity contribution in [2.75, 3.05) is 0 Å². The summed E-state index contributed by atoms with van der Waals surface area (Å²) in [5.74, 6) is 0. The summed E-state index contributed by atoms with van der Waals surface area (Å²) < 4.78 is 0. The van der Waals surface area contributed by atoms with Gasteiger partial charge in [-0.1, -0.05) is 5.16 Å². The molecule has 4 heteroatoms. The Morgan fingerprint density at radius 2 is 2.20 bits per heavy atom. The zero-order valence-electron chi connectivity index (χ0n) is 5.02. The maximum absolute atomic E-state index is 10.1. The number of hydrogen-bond donors (Lipinski definition) is 1. The number of hydrogen-bond acceptors (Lipinski definition) is 4. The summed E-state index contributed by atoms with van der Waals surface area (Å²) >= 11 is 1.28. The van der Waals surface area contributed by atoms with E-state index in [1.807, 2.05) is 0 Å². The van der Waals surface area contributed by atoms with Gasteiger partial charge in [0.15, 0.2) is 6.29 Å². The van der Waals surface area contributed by atoms with E-state index in [1.165, 1.54) is 17.6 Å². The Morgan fingerprint density at radius 1 is 1.50 bits per heavy atom. The standard InChI is InChI=1S/C6H5NO2S/c8-4-6-2-1-5(10-6)3-7-9/h1-4,9H. The fourth-order valence-electron chi connectivity index (χ4n) is 0.558. The maximum Gasteiger partial charge on any atom is 0.160 e. The van der Waals surface area contributed by atoms with E-state index < -0.39 is 0 Å². The van der Waals surface area contributed by atoms with Crippen LogP contribution in [0.2, 0.25) is 0 Å². The number of nitrogens with zero attached hydrogens (tertiary/aromatic N) is 1. The predicted octanol–water partition coefficient (Wildman–Crippen LogP) is 1.37. The third-order valence-electron chi connectivity index (χ3n) is 0.949. The minimum atomic E-state index is 0.634. The van der Waals surface area contributed by atoms with Crippen molar-refractivity contribution in [2.45, 2.75) is 0 Å². The number of aldehydes is 1. The average Bonchev–Trinajstić information content (AvgIpc) is 2.37. The Kier molecular flexibility index (Phi) is 2.17. The van der Waals surface area contributed by atoms with Gasteiger partial charge in [0.25, 0.3) is 0 Å². The zero-order chi connectivity index (χ0) is 7.40. The van der Waals surface area contributed by atoms with E-state index in [-0.39, 0.29) is 0 Å². The maximum atomic E-state index is 10.1. The molecule has 0 amide bonds. The van der Waals surface area contributed by atoms with Crippen LogP contribution in [-0.2, 0) is 0 Å². The molecule has 3 nitrogen and oxygen atoms in total. The van der Waals surface area contributed by atoms with E-state index in [0.29, 0.717) is 4.88 Å². The molecule has 0 fully saturated rings. The summed E-state index contributed by atoms with van der Waals surface area (Å²) in [5.41, 5.74) is 0. The van der Waals surface area contributed by atoms with Crippen molar-refractivity contribution in [3.8, 4) is 0 Å². The summed E-state index contributed by atoms with van der Waals surface area (Å²) in [6.45, 7) is 0. The summed E-state index contributed by atoms with van der Waals surface area (Å²) in [6, 6.07) is 3.39. The Bertz CT molecular complexity index is 254. The van der Waals surface area contributed by atoms with E-state index in [0.717, 1.165) is 11.2 Å². The van der Waals surface area contributed by atoms with Crippen molar-refractivity contribution in [2.24, 2.45) is 5.16 Å². The van der Waals surface area contributed by atoms with Crippen molar-refractivity contribution in [1.82, 2.24) is 0 Å². The van der Waals surface area contributed by atoms with Crippen LogP contribution in [0.4, 0.5) is 0 Å². The largest absolute Gasteiger partial charge is 0.411 e. The molecule has 1 rings (SSSR count). The third-order valence-corrected chi connectivity index (χ3v) is 1.89. The van der Waals surface area contributed by atoms with Gasteiger partial charge in [-0.2, -0.15) is 0 Å². The Balaban J connectivity index is 2.87. The first-order valence-electron chi connectivity index (χ1n) is 2.59. The molecule has 0 spiro atoms. The van der Waals surface area contributed by atoms with Crippen LogP contribution in [0.5, 0.6) is 0 Å². The first-order chi connectivity index (χ1) is 4.86. The highest BCUT2D eigenvalue weighted by atomic mass is 32.1. The first-order valence-corrected chi connectivity index (χ1v) is 3.41. The van der Waals surface area contributed by atoms with E-state index in [9.17, 15) is 4.79 Å². The second kappa shape index (κ2) is 3.12. The van der Waals surface area contributed by atoms with Gasteiger partial charge < -0.3 is 5.21 Å². The van der Waals surface area contributed by atoms with Gasteiger partial charge in [0.2, 0.25) is 0 Å². The molecule has 0 bridgehead atoms. The molecule has 0 atom stereocenters. The van der Waals surface area contributed by atoms with Gasteiger partial charge in [-0.05, 0) is 12.1 Å². The smallest absolute Gasteiger partial charge is 0.160 e. The number of thiophene rings is 1. The fourth-order valence-corrected chi connectivity index (χ4v) is 1.25. The van der Waals surface area contributed by atoms with E-state index in [4.69, 9.17) is 5.21 Å². The topological polar surface area (TPSA) is 49.7 Å². The monoisotopic (exact) mass is 155 g/mol. The highest BCUT2D eigenvalue weighted by Gasteiger charge is 1.94. The van der Waals surface area contributed by atoms with Crippen LogP contribution in [0.1, 0.15) is 14.5 Å². The normalized spacial score (nSPS) is 10.4. The Hall–Kier alpha value is -1.16. The van der Waals surface area contributed by atoms with Crippen LogP contribution in [0.25, 0.3) is 0 Å². The highest BCUT2D eigenvalue weighted by molar-refractivity contribution is 7.15. The average molecular weight is 155 g/mol. The molecule has 0 radical (unpaired) electrons. The molecule has 0 unspecified atom stereocenters. The van der Waals surface area contributed by atoms with Crippen LogP contribution in [0, 0.1) is 0 Å². The molecule has 1 N–H and O–H groups in total. The second-order valence-corrected chi connectivity index (χ2v) is 2.75. The minimum absolute atomic E-state index is 0.634. The van der Waals surface area contributed by atoms with Crippen molar-refractivity contribution < 1.29 is 10.0 Å². The van der Waals surface area contributed by atoms with Crippen LogP contribution in [-0.4, -0.2) is 17.7 Å². The van der Waals surface area contributed by atoms with E-state index in [1.54, 1.807) is 12.1 Å². The summed E-state index contributed by atoms with van der Waals surface area (Å²) in [7, 11) is 0. The SMILES string of the molecule is O=Cc1ccc(C=NO)s1. The number of oxime groups is 1. The molecule has 0 saturated heterocycles. The quantitative estimate of drug-likeness (QED) is 0.303. The molecular weight excluding hydrogens is 150 g/mol. The lowest BCUT2D eigenvalue weighted by Crippen LogP contribution is -1.68. The van der Waals surface area contributed by atoms with E-state index >= 15 is 0 Å². The van der Waals surface area contributed by atoms with Crippen molar-refractivity contribution in [3.05, 3.63) is 21.9 Å². The van der Waals surface area contributed by atoms with Crippen LogP contribution in [0.15, 0.2) is 17.3 Å². The van der Waals surface area contributed by atoms with Crippen LogP contribution in [0.3, 0.4) is 0 Å². The van der Waals surface area contributed by atoms with Gasteiger partial charge in [0.1, 0.15) is 0 Å². The van der Waals surface area contributed by atoms with E-state index in [2.05, 4.69) is 5.16 Å². The molecule has 0 aliphatic carbocycles. The van der Waals surface area contributed by atoms with Crippen molar-refractivity contribution in [1.29, 1.82) is 0 Å². The molecule has 1 aromatic rings. The lowest BCUT2D eigenvalue weighted by molar-refractivity contribution is 0.112. The van der Waals surface area contributed by atoms with Gasteiger partial charge in [0, 0.05) is 4.88 Å². The fraction of sp³-hybridized carbons (Fsp3) is 0. The van der Waals surface area contributed by atoms with Gasteiger partial charge in [0.05, 0.1) is 11.1 Å². The lowest BCUT2D eigenvalue weighted by Gasteiger charge is -1.75. The van der Waals surface area contributed by atoms with Gasteiger partial charge in [-0.25, -0.2) is 0 Å².